The van der Waals surface area contributed by atoms with Crippen molar-refractivity contribution in [2.75, 3.05) is 19.8 Å². The summed E-state index contributed by atoms with van der Waals surface area (Å²) in [6.45, 7) is -0.605. The molecule has 0 spiro atoms. The predicted molar refractivity (Wildman–Crippen MR) is 53.1 cm³/mol. The SMILES string of the molecule is O=C1CNC(=O)N1.OCC(O)CO.[SiH4]. The first-order valence-corrected chi connectivity index (χ1v) is 3.57. The molecule has 7 nitrogen and oxygen atoms in total. The quantitative estimate of drug-likeness (QED) is 0.240. The minimum atomic E-state index is -0.954. The summed E-state index contributed by atoms with van der Waals surface area (Å²) in [6, 6.07) is -0.398. The highest BCUT2D eigenvalue weighted by Crippen LogP contribution is 1.74. The summed E-state index contributed by atoms with van der Waals surface area (Å²) >= 11 is 0. The molecular weight excluding hydrogens is 208 g/mol. The van der Waals surface area contributed by atoms with E-state index < -0.39 is 12.1 Å². The van der Waals surface area contributed by atoms with Gasteiger partial charge in [0, 0.05) is 0 Å². The summed E-state index contributed by atoms with van der Waals surface area (Å²) in [7, 11) is 0. The van der Waals surface area contributed by atoms with Crippen molar-refractivity contribution in [1.82, 2.24) is 10.6 Å². The average Bonchev–Trinajstić information content (AvgIpc) is 2.49. The van der Waals surface area contributed by atoms with Crippen LogP contribution in [0.4, 0.5) is 4.79 Å². The molecule has 1 heterocycles. The van der Waals surface area contributed by atoms with Gasteiger partial charge >= 0.3 is 6.03 Å². The number of hydrogen-bond acceptors (Lipinski definition) is 5. The van der Waals surface area contributed by atoms with Crippen molar-refractivity contribution in [2.45, 2.75) is 6.10 Å². The van der Waals surface area contributed by atoms with E-state index in [4.69, 9.17) is 15.3 Å². The van der Waals surface area contributed by atoms with E-state index in [9.17, 15) is 9.59 Å². The first-order chi connectivity index (χ1) is 6.10. The van der Waals surface area contributed by atoms with Crippen molar-refractivity contribution in [3.63, 3.8) is 0 Å². The third-order valence-electron chi connectivity index (χ3n) is 1.08. The number of imide groups is 1. The summed E-state index contributed by atoms with van der Waals surface area (Å²) in [5.41, 5.74) is 0. The van der Waals surface area contributed by atoms with Crippen molar-refractivity contribution in [2.24, 2.45) is 0 Å². The van der Waals surface area contributed by atoms with Crippen LogP contribution in [-0.4, -0.2) is 64.1 Å². The molecule has 0 saturated carbocycles. The Morgan fingerprint density at radius 1 is 1.29 bits per heavy atom. The molecular formula is C6H16N2O5Si. The van der Waals surface area contributed by atoms with Gasteiger partial charge in [-0.1, -0.05) is 0 Å². The summed E-state index contributed by atoms with van der Waals surface area (Å²) in [5, 5.41) is 28.3. The molecule has 0 aromatic carbocycles. The van der Waals surface area contributed by atoms with Gasteiger partial charge < -0.3 is 20.6 Å². The molecule has 0 aromatic heterocycles. The lowest BCUT2D eigenvalue weighted by Crippen LogP contribution is -2.22. The number of urea groups is 1. The fourth-order valence-electron chi connectivity index (χ4n) is 0.433. The number of hydrogen-bond donors (Lipinski definition) is 5. The molecule has 0 atom stereocenters. The molecule has 0 aliphatic carbocycles. The molecule has 0 unspecified atom stereocenters. The molecule has 0 aromatic rings. The van der Waals surface area contributed by atoms with Crippen molar-refractivity contribution < 1.29 is 24.9 Å². The molecule has 14 heavy (non-hydrogen) atoms. The number of amides is 3. The standard InChI is InChI=1S/C3H4N2O2.C3H8O3.H4Si/c6-2-1-4-3(7)5-2;4-1-3(6)2-5;/h1H2,(H2,4,5,6,7);3-6H,1-2H2;1H4. The van der Waals surface area contributed by atoms with Crippen LogP contribution in [0, 0.1) is 0 Å². The van der Waals surface area contributed by atoms with Gasteiger partial charge in [-0.2, -0.15) is 0 Å². The topological polar surface area (TPSA) is 119 Å². The Kier molecular flexibility index (Phi) is 9.56. The van der Waals surface area contributed by atoms with Crippen LogP contribution in [0.15, 0.2) is 0 Å². The molecule has 8 heteroatoms. The zero-order chi connectivity index (χ0) is 10.3. The van der Waals surface area contributed by atoms with Crippen LogP contribution in [0.5, 0.6) is 0 Å². The maximum absolute atomic E-state index is 10.1. The monoisotopic (exact) mass is 224 g/mol. The Balaban J connectivity index is 0. The number of rotatable bonds is 2. The highest BCUT2D eigenvalue weighted by Gasteiger charge is 2.14. The third kappa shape index (κ3) is 7.67. The van der Waals surface area contributed by atoms with Crippen molar-refractivity contribution in [1.29, 1.82) is 0 Å². The fourth-order valence-corrected chi connectivity index (χ4v) is 0.433. The molecule has 1 rings (SSSR count). The lowest BCUT2D eigenvalue weighted by molar-refractivity contribution is -0.117. The molecule has 1 aliphatic rings. The van der Waals surface area contributed by atoms with E-state index in [-0.39, 0.29) is 36.6 Å². The Labute approximate surface area is 85.1 Å². The largest absolute Gasteiger partial charge is 0.394 e. The highest BCUT2D eigenvalue weighted by molar-refractivity contribution is 6.01. The van der Waals surface area contributed by atoms with Crippen molar-refractivity contribution in [3.05, 3.63) is 0 Å². The van der Waals surface area contributed by atoms with Crippen LogP contribution in [0.2, 0.25) is 0 Å². The van der Waals surface area contributed by atoms with E-state index in [1.165, 1.54) is 0 Å². The van der Waals surface area contributed by atoms with Crippen LogP contribution in [0.1, 0.15) is 0 Å². The van der Waals surface area contributed by atoms with Gasteiger partial charge in [0.1, 0.15) is 6.10 Å². The van der Waals surface area contributed by atoms with E-state index >= 15 is 0 Å². The molecule has 1 saturated heterocycles. The van der Waals surface area contributed by atoms with Crippen molar-refractivity contribution >= 4 is 22.9 Å². The Hall–Kier alpha value is -0.963. The predicted octanol–water partition coefficient (Wildman–Crippen LogP) is -4.29. The number of carbonyl (C=O) groups is 2. The van der Waals surface area contributed by atoms with Crippen LogP contribution >= 0.6 is 0 Å². The fraction of sp³-hybridized carbons (Fsp3) is 0.667. The van der Waals surface area contributed by atoms with E-state index in [1.54, 1.807) is 0 Å². The Morgan fingerprint density at radius 3 is 1.86 bits per heavy atom. The molecule has 5 N–H and O–H groups in total. The van der Waals surface area contributed by atoms with Crippen molar-refractivity contribution in [3.8, 4) is 0 Å². The maximum atomic E-state index is 10.1. The second-order valence-corrected chi connectivity index (χ2v) is 2.25. The van der Waals surface area contributed by atoms with Gasteiger partial charge in [0.2, 0.25) is 5.91 Å². The van der Waals surface area contributed by atoms with Gasteiger partial charge in [-0.25, -0.2) is 4.79 Å². The second-order valence-electron chi connectivity index (χ2n) is 2.25. The van der Waals surface area contributed by atoms with Gasteiger partial charge in [0.15, 0.2) is 0 Å². The minimum Gasteiger partial charge on any atom is -0.394 e. The van der Waals surface area contributed by atoms with Gasteiger partial charge in [-0.3, -0.25) is 10.1 Å². The van der Waals surface area contributed by atoms with E-state index in [2.05, 4.69) is 5.32 Å². The molecule has 1 aliphatic heterocycles. The zero-order valence-corrected chi connectivity index (χ0v) is 6.86. The van der Waals surface area contributed by atoms with Crippen LogP contribution in [-0.2, 0) is 4.79 Å². The molecule has 0 bridgehead atoms. The summed E-state index contributed by atoms with van der Waals surface area (Å²) in [4.78, 5) is 20.1. The first kappa shape index (κ1) is 15.5. The molecule has 1 fully saturated rings. The van der Waals surface area contributed by atoms with E-state index in [0.29, 0.717) is 0 Å². The van der Waals surface area contributed by atoms with Gasteiger partial charge in [0.25, 0.3) is 0 Å². The number of aliphatic hydroxyl groups is 3. The van der Waals surface area contributed by atoms with Crippen LogP contribution in [0.25, 0.3) is 0 Å². The summed E-state index contributed by atoms with van der Waals surface area (Å²) < 4.78 is 0. The van der Waals surface area contributed by atoms with Gasteiger partial charge in [0.05, 0.1) is 19.8 Å². The average molecular weight is 224 g/mol. The van der Waals surface area contributed by atoms with Crippen LogP contribution < -0.4 is 10.6 Å². The Bertz CT molecular complexity index is 171. The number of aliphatic hydroxyl groups excluding tert-OH is 3. The van der Waals surface area contributed by atoms with E-state index in [0.717, 1.165) is 0 Å². The first-order valence-electron chi connectivity index (χ1n) is 3.57. The number of carbonyl (C=O) groups excluding carboxylic acids is 2. The third-order valence-corrected chi connectivity index (χ3v) is 1.08. The van der Waals surface area contributed by atoms with Gasteiger partial charge in [-0.05, 0) is 11.0 Å². The normalized spacial score (nSPS) is 13.7. The van der Waals surface area contributed by atoms with Gasteiger partial charge in [-0.15, -0.1) is 0 Å². The number of nitrogens with one attached hydrogen (secondary N) is 2. The van der Waals surface area contributed by atoms with Crippen LogP contribution in [0.3, 0.4) is 0 Å². The minimum absolute atomic E-state index is 0. The summed E-state index contributed by atoms with van der Waals surface area (Å²) in [6.07, 6.45) is -0.954. The Morgan fingerprint density at radius 2 is 1.79 bits per heavy atom. The highest BCUT2D eigenvalue weighted by atomic mass is 28.1. The molecule has 0 radical (unpaired) electrons. The van der Waals surface area contributed by atoms with E-state index in [1.807, 2.05) is 5.32 Å². The zero-order valence-electron chi connectivity index (χ0n) is 6.86. The molecule has 84 valence electrons. The molecule has 3 amide bonds. The second kappa shape index (κ2) is 8.63. The lowest BCUT2D eigenvalue weighted by atomic mass is 10.4. The smallest absolute Gasteiger partial charge is 0.321 e. The lowest BCUT2D eigenvalue weighted by Gasteiger charge is -1.96. The summed E-state index contributed by atoms with van der Waals surface area (Å²) in [5.74, 6) is -0.259. The maximum Gasteiger partial charge on any atom is 0.321 e.